The summed E-state index contributed by atoms with van der Waals surface area (Å²) in [6.07, 6.45) is 1.86. The number of piperidine rings is 1. The standard InChI is InChI=1S/C21H25F2N3O/c22-19-8-17(9-20(23)10-19)12-25-11-15-3-1-4-16(7-15)13-26-6-2-5-18(14-26)21(24)27/h1,3-4,7-10,18,25H,2,5-6,11-14H2,(H2,24,27). The van der Waals surface area contributed by atoms with Crippen molar-refractivity contribution in [1.29, 1.82) is 0 Å². The number of hydrogen-bond acceptors (Lipinski definition) is 3. The first-order valence-corrected chi connectivity index (χ1v) is 9.25. The third kappa shape index (κ3) is 5.84. The molecule has 0 radical (unpaired) electrons. The molecule has 1 heterocycles. The van der Waals surface area contributed by atoms with Crippen LogP contribution in [0, 0.1) is 17.6 Å². The van der Waals surface area contributed by atoms with Crippen LogP contribution in [0.3, 0.4) is 0 Å². The topological polar surface area (TPSA) is 58.4 Å². The number of carbonyl (C=O) groups is 1. The maximum Gasteiger partial charge on any atom is 0.221 e. The highest BCUT2D eigenvalue weighted by atomic mass is 19.1. The normalized spacial score (nSPS) is 17.8. The molecule has 2 aromatic carbocycles. The van der Waals surface area contributed by atoms with Gasteiger partial charge >= 0.3 is 0 Å². The molecular weight excluding hydrogens is 348 g/mol. The highest BCUT2D eigenvalue weighted by Gasteiger charge is 2.23. The lowest BCUT2D eigenvalue weighted by Gasteiger charge is -2.31. The van der Waals surface area contributed by atoms with Gasteiger partial charge in [0, 0.05) is 32.2 Å². The van der Waals surface area contributed by atoms with E-state index in [1.54, 1.807) is 0 Å². The predicted molar refractivity (Wildman–Crippen MR) is 101 cm³/mol. The van der Waals surface area contributed by atoms with Crippen molar-refractivity contribution in [2.24, 2.45) is 11.7 Å². The minimum Gasteiger partial charge on any atom is -0.369 e. The first-order chi connectivity index (χ1) is 13.0. The molecule has 27 heavy (non-hydrogen) atoms. The van der Waals surface area contributed by atoms with Gasteiger partial charge in [-0.3, -0.25) is 9.69 Å². The van der Waals surface area contributed by atoms with E-state index in [-0.39, 0.29) is 11.8 Å². The number of benzene rings is 2. The van der Waals surface area contributed by atoms with Crippen LogP contribution in [0.2, 0.25) is 0 Å². The first kappa shape index (κ1) is 19.5. The Labute approximate surface area is 158 Å². The highest BCUT2D eigenvalue weighted by molar-refractivity contribution is 5.76. The van der Waals surface area contributed by atoms with Crippen molar-refractivity contribution in [3.05, 3.63) is 70.8 Å². The summed E-state index contributed by atoms with van der Waals surface area (Å²) in [6.45, 7) is 3.47. The van der Waals surface area contributed by atoms with Crippen LogP contribution in [0.4, 0.5) is 8.78 Å². The van der Waals surface area contributed by atoms with Crippen molar-refractivity contribution in [3.8, 4) is 0 Å². The van der Waals surface area contributed by atoms with Crippen LogP contribution in [0.5, 0.6) is 0 Å². The summed E-state index contributed by atoms with van der Waals surface area (Å²) in [5, 5.41) is 3.22. The molecule has 144 valence electrons. The molecule has 1 aliphatic heterocycles. The van der Waals surface area contributed by atoms with Gasteiger partial charge in [0.05, 0.1) is 5.92 Å². The maximum atomic E-state index is 13.2. The van der Waals surface area contributed by atoms with Crippen LogP contribution in [-0.2, 0) is 24.4 Å². The van der Waals surface area contributed by atoms with E-state index >= 15 is 0 Å². The quantitative estimate of drug-likeness (QED) is 0.785. The van der Waals surface area contributed by atoms with Gasteiger partial charge in [-0.1, -0.05) is 24.3 Å². The minimum atomic E-state index is -0.565. The molecule has 1 fully saturated rings. The summed E-state index contributed by atoms with van der Waals surface area (Å²) in [5.74, 6) is -1.41. The summed E-state index contributed by atoms with van der Waals surface area (Å²) in [5.41, 5.74) is 8.31. The molecular formula is C21H25F2N3O. The molecule has 2 aromatic rings. The van der Waals surface area contributed by atoms with Gasteiger partial charge in [-0.15, -0.1) is 0 Å². The van der Waals surface area contributed by atoms with Crippen LogP contribution >= 0.6 is 0 Å². The van der Waals surface area contributed by atoms with Gasteiger partial charge in [-0.2, -0.15) is 0 Å². The Bertz CT molecular complexity index is 776. The second kappa shape index (κ2) is 9.06. The number of amides is 1. The van der Waals surface area contributed by atoms with Crippen molar-refractivity contribution in [3.63, 3.8) is 0 Å². The number of halogens is 2. The van der Waals surface area contributed by atoms with Gasteiger partial charge in [0.25, 0.3) is 0 Å². The molecule has 0 bridgehead atoms. The van der Waals surface area contributed by atoms with Gasteiger partial charge in [-0.05, 0) is 48.2 Å². The lowest BCUT2D eigenvalue weighted by Crippen LogP contribution is -2.40. The summed E-state index contributed by atoms with van der Waals surface area (Å²) in [4.78, 5) is 13.7. The zero-order valence-corrected chi connectivity index (χ0v) is 15.3. The largest absolute Gasteiger partial charge is 0.369 e. The zero-order chi connectivity index (χ0) is 19.2. The fourth-order valence-corrected chi connectivity index (χ4v) is 3.59. The van der Waals surface area contributed by atoms with Crippen molar-refractivity contribution in [2.75, 3.05) is 13.1 Å². The number of nitrogens with zero attached hydrogens (tertiary/aromatic N) is 1. The molecule has 1 saturated heterocycles. The van der Waals surface area contributed by atoms with Crippen LogP contribution in [0.15, 0.2) is 42.5 Å². The second-order valence-corrected chi connectivity index (χ2v) is 7.18. The van der Waals surface area contributed by atoms with Crippen molar-refractivity contribution in [2.45, 2.75) is 32.5 Å². The summed E-state index contributed by atoms with van der Waals surface area (Å²) in [6, 6.07) is 11.7. The van der Waals surface area contributed by atoms with E-state index in [2.05, 4.69) is 22.3 Å². The smallest absolute Gasteiger partial charge is 0.221 e. The fraction of sp³-hybridized carbons (Fsp3) is 0.381. The van der Waals surface area contributed by atoms with E-state index < -0.39 is 11.6 Å². The predicted octanol–water partition coefficient (Wildman–Crippen LogP) is 2.95. The number of hydrogen-bond donors (Lipinski definition) is 2. The van der Waals surface area contributed by atoms with Crippen LogP contribution in [0.1, 0.15) is 29.5 Å². The second-order valence-electron chi connectivity index (χ2n) is 7.18. The molecule has 4 nitrogen and oxygen atoms in total. The van der Waals surface area contributed by atoms with Gasteiger partial charge < -0.3 is 11.1 Å². The van der Waals surface area contributed by atoms with E-state index in [0.29, 0.717) is 25.2 Å². The van der Waals surface area contributed by atoms with Gasteiger partial charge in [0.2, 0.25) is 5.91 Å². The number of likely N-dealkylation sites (tertiary alicyclic amines) is 1. The van der Waals surface area contributed by atoms with E-state index in [1.165, 1.54) is 17.7 Å². The molecule has 0 aromatic heterocycles. The molecule has 0 spiro atoms. The summed E-state index contributed by atoms with van der Waals surface area (Å²) < 4.78 is 26.5. The Balaban J connectivity index is 1.53. The summed E-state index contributed by atoms with van der Waals surface area (Å²) in [7, 11) is 0. The number of carbonyl (C=O) groups excluding carboxylic acids is 1. The van der Waals surface area contributed by atoms with Crippen LogP contribution in [0.25, 0.3) is 0 Å². The summed E-state index contributed by atoms with van der Waals surface area (Å²) >= 11 is 0. The fourth-order valence-electron chi connectivity index (χ4n) is 3.59. The van der Waals surface area contributed by atoms with E-state index in [0.717, 1.165) is 37.6 Å². The van der Waals surface area contributed by atoms with E-state index in [9.17, 15) is 13.6 Å². The van der Waals surface area contributed by atoms with Gasteiger partial charge in [-0.25, -0.2) is 8.78 Å². The Kier molecular flexibility index (Phi) is 6.53. The number of primary amides is 1. The molecule has 3 rings (SSSR count). The van der Waals surface area contributed by atoms with E-state index in [1.807, 2.05) is 12.1 Å². The lowest BCUT2D eigenvalue weighted by atomic mass is 9.97. The molecule has 1 aliphatic rings. The van der Waals surface area contributed by atoms with Gasteiger partial charge in [0.1, 0.15) is 11.6 Å². The number of nitrogens with two attached hydrogens (primary N) is 1. The number of nitrogens with one attached hydrogen (secondary N) is 1. The SMILES string of the molecule is NC(=O)C1CCCN(Cc2cccc(CNCc3cc(F)cc(F)c3)c2)C1. The average Bonchev–Trinajstić information content (AvgIpc) is 2.61. The molecule has 1 atom stereocenters. The average molecular weight is 373 g/mol. The Morgan fingerprint density at radius 1 is 1.07 bits per heavy atom. The first-order valence-electron chi connectivity index (χ1n) is 9.25. The maximum absolute atomic E-state index is 13.2. The van der Waals surface area contributed by atoms with Gasteiger partial charge in [0.15, 0.2) is 0 Å². The monoisotopic (exact) mass is 373 g/mol. The van der Waals surface area contributed by atoms with Crippen molar-refractivity contribution in [1.82, 2.24) is 10.2 Å². The Hall–Kier alpha value is -2.31. The third-order valence-electron chi connectivity index (χ3n) is 4.89. The zero-order valence-electron chi connectivity index (χ0n) is 15.3. The molecule has 0 saturated carbocycles. The molecule has 1 unspecified atom stereocenters. The van der Waals surface area contributed by atoms with Crippen LogP contribution < -0.4 is 11.1 Å². The highest BCUT2D eigenvalue weighted by Crippen LogP contribution is 2.19. The minimum absolute atomic E-state index is 0.0599. The molecule has 3 N–H and O–H groups in total. The van der Waals surface area contributed by atoms with Crippen molar-refractivity contribution < 1.29 is 13.6 Å². The Morgan fingerprint density at radius 2 is 1.78 bits per heavy atom. The third-order valence-corrected chi connectivity index (χ3v) is 4.89. The van der Waals surface area contributed by atoms with E-state index in [4.69, 9.17) is 5.73 Å². The molecule has 0 aliphatic carbocycles. The Morgan fingerprint density at radius 3 is 2.52 bits per heavy atom. The number of rotatable bonds is 7. The lowest BCUT2D eigenvalue weighted by molar-refractivity contribution is -0.123. The van der Waals surface area contributed by atoms with Crippen LogP contribution in [-0.4, -0.2) is 23.9 Å². The van der Waals surface area contributed by atoms with Crippen molar-refractivity contribution >= 4 is 5.91 Å². The molecule has 1 amide bonds. The molecule has 6 heteroatoms.